The number of hydrogen-bond acceptors (Lipinski definition) is 4. The van der Waals surface area contributed by atoms with Gasteiger partial charge in [-0.15, -0.1) is 0 Å². The zero-order valence-corrected chi connectivity index (χ0v) is 11.4. The van der Waals surface area contributed by atoms with Crippen LogP contribution in [0.2, 0.25) is 0 Å². The van der Waals surface area contributed by atoms with Crippen molar-refractivity contribution in [2.24, 2.45) is 0 Å². The first-order chi connectivity index (χ1) is 8.27. The van der Waals surface area contributed by atoms with Gasteiger partial charge in [-0.05, 0) is 38.9 Å². The molecule has 100 valence electrons. The Morgan fingerprint density at radius 1 is 1.44 bits per heavy atom. The lowest BCUT2D eigenvalue weighted by atomic mass is 9.99. The van der Waals surface area contributed by atoms with Gasteiger partial charge in [0.05, 0.1) is 4.92 Å². The lowest BCUT2D eigenvalue weighted by Gasteiger charge is -2.34. The number of nitrogen functional groups attached to an aromatic ring is 1. The summed E-state index contributed by atoms with van der Waals surface area (Å²) in [5.74, 6) is 0. The van der Waals surface area contributed by atoms with Crippen molar-refractivity contribution in [3.8, 4) is 0 Å². The topological polar surface area (TPSA) is 72.4 Å². The van der Waals surface area contributed by atoms with Gasteiger partial charge in [-0.3, -0.25) is 15.0 Å². The highest BCUT2D eigenvalue weighted by Crippen LogP contribution is 2.25. The highest BCUT2D eigenvalue weighted by Gasteiger charge is 2.22. The minimum Gasteiger partial charge on any atom is -0.393 e. The maximum atomic E-state index is 10.8. The predicted molar refractivity (Wildman–Crippen MR) is 73.3 cm³/mol. The van der Waals surface area contributed by atoms with Gasteiger partial charge in [-0.25, -0.2) is 0 Å². The summed E-state index contributed by atoms with van der Waals surface area (Å²) in [6.07, 6.45) is 1.01. The Hall–Kier alpha value is -1.62. The Morgan fingerprint density at radius 3 is 2.56 bits per heavy atom. The van der Waals surface area contributed by atoms with E-state index in [1.54, 1.807) is 12.1 Å². The molecule has 0 bridgehead atoms. The number of nitrogens with two attached hydrogens (primary N) is 1. The van der Waals surface area contributed by atoms with E-state index < -0.39 is 4.92 Å². The number of nitrogens with zero attached hydrogens (tertiary/aromatic N) is 2. The summed E-state index contributed by atoms with van der Waals surface area (Å²) in [7, 11) is 2.02. The van der Waals surface area contributed by atoms with Crippen molar-refractivity contribution in [2.75, 3.05) is 12.8 Å². The number of anilines is 1. The Bertz CT molecular complexity index is 444. The normalized spacial score (nSPS) is 11.8. The van der Waals surface area contributed by atoms with E-state index in [0.29, 0.717) is 6.54 Å². The molecule has 0 aliphatic carbocycles. The minimum atomic E-state index is -0.441. The molecule has 1 aromatic carbocycles. The zero-order valence-electron chi connectivity index (χ0n) is 11.4. The Labute approximate surface area is 108 Å². The van der Waals surface area contributed by atoms with Crippen molar-refractivity contribution in [1.29, 1.82) is 0 Å². The summed E-state index contributed by atoms with van der Waals surface area (Å²) in [6.45, 7) is 7.10. The molecule has 18 heavy (non-hydrogen) atoms. The second-order valence-corrected chi connectivity index (χ2v) is 5.17. The summed E-state index contributed by atoms with van der Waals surface area (Å²) in [5.41, 5.74) is 6.74. The third kappa shape index (κ3) is 3.20. The molecule has 0 saturated heterocycles. The molecule has 0 fully saturated rings. The summed E-state index contributed by atoms with van der Waals surface area (Å²) in [4.78, 5) is 12.6. The van der Waals surface area contributed by atoms with Gasteiger partial charge in [0.2, 0.25) is 0 Å². The third-order valence-corrected chi connectivity index (χ3v) is 3.61. The molecule has 0 aliphatic heterocycles. The van der Waals surface area contributed by atoms with Crippen molar-refractivity contribution >= 4 is 11.4 Å². The molecule has 0 radical (unpaired) electrons. The number of benzene rings is 1. The highest BCUT2D eigenvalue weighted by molar-refractivity contribution is 5.59. The summed E-state index contributed by atoms with van der Waals surface area (Å²) in [6, 6.07) is 4.99. The van der Waals surface area contributed by atoms with Crippen molar-refractivity contribution in [1.82, 2.24) is 4.90 Å². The van der Waals surface area contributed by atoms with Crippen LogP contribution in [0.5, 0.6) is 0 Å². The van der Waals surface area contributed by atoms with E-state index in [1.807, 2.05) is 13.1 Å². The Balaban J connectivity index is 2.93. The van der Waals surface area contributed by atoms with E-state index in [9.17, 15) is 10.1 Å². The first-order valence-electron chi connectivity index (χ1n) is 6.02. The predicted octanol–water partition coefficient (Wildman–Crippen LogP) is 2.80. The Morgan fingerprint density at radius 2 is 2.06 bits per heavy atom. The molecule has 0 saturated carbocycles. The van der Waals surface area contributed by atoms with E-state index in [-0.39, 0.29) is 16.9 Å². The average Bonchev–Trinajstić information content (AvgIpc) is 2.31. The molecule has 5 heteroatoms. The Kier molecular flexibility index (Phi) is 4.29. The molecule has 0 aliphatic rings. The van der Waals surface area contributed by atoms with Crippen molar-refractivity contribution in [3.63, 3.8) is 0 Å². The van der Waals surface area contributed by atoms with Crippen LogP contribution in [-0.2, 0) is 6.54 Å². The fourth-order valence-electron chi connectivity index (χ4n) is 1.60. The van der Waals surface area contributed by atoms with Crippen LogP contribution < -0.4 is 5.73 Å². The first-order valence-corrected chi connectivity index (χ1v) is 6.02. The zero-order chi connectivity index (χ0) is 13.9. The smallest absolute Gasteiger partial charge is 0.292 e. The number of rotatable bonds is 5. The van der Waals surface area contributed by atoms with Crippen LogP contribution in [-0.4, -0.2) is 22.4 Å². The quantitative estimate of drug-likeness (QED) is 0.496. The average molecular weight is 251 g/mol. The van der Waals surface area contributed by atoms with Gasteiger partial charge in [0.1, 0.15) is 5.69 Å². The molecule has 0 heterocycles. The maximum Gasteiger partial charge on any atom is 0.292 e. The van der Waals surface area contributed by atoms with Gasteiger partial charge in [0.25, 0.3) is 5.69 Å². The van der Waals surface area contributed by atoms with Gasteiger partial charge in [0.15, 0.2) is 0 Å². The molecule has 1 aromatic rings. The molecule has 0 aromatic heterocycles. The molecule has 2 N–H and O–H groups in total. The summed E-state index contributed by atoms with van der Waals surface area (Å²) < 4.78 is 0. The monoisotopic (exact) mass is 251 g/mol. The fraction of sp³-hybridized carbons (Fsp3) is 0.538. The first kappa shape index (κ1) is 14.4. The molecule has 5 nitrogen and oxygen atoms in total. The second-order valence-electron chi connectivity index (χ2n) is 5.17. The van der Waals surface area contributed by atoms with Crippen molar-refractivity contribution in [2.45, 2.75) is 39.3 Å². The lowest BCUT2D eigenvalue weighted by molar-refractivity contribution is -0.384. The highest BCUT2D eigenvalue weighted by atomic mass is 16.6. The molecule has 0 atom stereocenters. The van der Waals surface area contributed by atoms with Crippen LogP contribution in [0.25, 0.3) is 0 Å². The number of hydrogen-bond donors (Lipinski definition) is 1. The van der Waals surface area contributed by atoms with E-state index in [0.717, 1.165) is 12.0 Å². The van der Waals surface area contributed by atoms with Gasteiger partial charge < -0.3 is 5.73 Å². The van der Waals surface area contributed by atoms with Crippen molar-refractivity contribution in [3.05, 3.63) is 33.9 Å². The van der Waals surface area contributed by atoms with E-state index in [1.165, 1.54) is 0 Å². The molecule has 0 spiro atoms. The third-order valence-electron chi connectivity index (χ3n) is 3.61. The minimum absolute atomic E-state index is 0.0183. The SMILES string of the molecule is CCC(C)(C)N(C)Cc1ccc(N)c([N+](=O)[O-])c1. The fourth-order valence-corrected chi connectivity index (χ4v) is 1.60. The standard InChI is InChI=1S/C13H21N3O2/c1-5-13(2,3)15(4)9-10-6-7-11(14)12(8-10)16(17)18/h6-8H,5,9,14H2,1-4H3. The van der Waals surface area contributed by atoms with Crippen LogP contribution >= 0.6 is 0 Å². The molecule has 0 unspecified atom stereocenters. The summed E-state index contributed by atoms with van der Waals surface area (Å²) in [5, 5.41) is 10.8. The van der Waals surface area contributed by atoms with Crippen LogP contribution in [0.4, 0.5) is 11.4 Å². The maximum absolute atomic E-state index is 10.8. The summed E-state index contributed by atoms with van der Waals surface area (Å²) >= 11 is 0. The molecular weight excluding hydrogens is 230 g/mol. The number of nitro benzene ring substituents is 1. The van der Waals surface area contributed by atoms with Gasteiger partial charge in [0, 0.05) is 18.2 Å². The van der Waals surface area contributed by atoms with E-state index in [2.05, 4.69) is 25.7 Å². The van der Waals surface area contributed by atoms with Gasteiger partial charge in [-0.1, -0.05) is 13.0 Å². The van der Waals surface area contributed by atoms with Crippen LogP contribution in [0.1, 0.15) is 32.8 Å². The van der Waals surface area contributed by atoms with Gasteiger partial charge >= 0.3 is 0 Å². The second kappa shape index (κ2) is 5.35. The van der Waals surface area contributed by atoms with Crippen LogP contribution in [0.3, 0.4) is 0 Å². The van der Waals surface area contributed by atoms with Crippen molar-refractivity contribution < 1.29 is 4.92 Å². The van der Waals surface area contributed by atoms with Crippen LogP contribution in [0, 0.1) is 10.1 Å². The molecule has 1 rings (SSSR count). The van der Waals surface area contributed by atoms with Gasteiger partial charge in [-0.2, -0.15) is 0 Å². The largest absolute Gasteiger partial charge is 0.393 e. The molecule has 0 amide bonds. The number of nitro groups is 1. The van der Waals surface area contributed by atoms with E-state index in [4.69, 9.17) is 5.73 Å². The van der Waals surface area contributed by atoms with Crippen LogP contribution in [0.15, 0.2) is 18.2 Å². The van der Waals surface area contributed by atoms with E-state index >= 15 is 0 Å². The molecular formula is C13H21N3O2. The lowest BCUT2D eigenvalue weighted by Crippen LogP contribution is -2.39.